The maximum Gasteiger partial charge on any atom is 0.227 e. The van der Waals surface area contributed by atoms with E-state index in [1.807, 2.05) is 6.07 Å². The van der Waals surface area contributed by atoms with Crippen molar-refractivity contribution in [3.05, 3.63) is 30.3 Å². The van der Waals surface area contributed by atoms with E-state index in [9.17, 15) is 0 Å². The summed E-state index contributed by atoms with van der Waals surface area (Å²) in [6, 6.07) is 10.4. The highest BCUT2D eigenvalue weighted by Gasteiger charge is 2.26. The number of hydrogen-bond acceptors (Lipinski definition) is 4. The van der Waals surface area contributed by atoms with Crippen LogP contribution in [0.5, 0.6) is 0 Å². The van der Waals surface area contributed by atoms with Gasteiger partial charge in [0.25, 0.3) is 0 Å². The van der Waals surface area contributed by atoms with Gasteiger partial charge in [0.1, 0.15) is 0 Å². The topological polar surface area (TPSA) is 43.2 Å². The minimum Gasteiger partial charge on any atom is -0.376 e. The van der Waals surface area contributed by atoms with Crippen molar-refractivity contribution >= 4 is 5.95 Å². The summed E-state index contributed by atoms with van der Waals surface area (Å²) in [4.78, 5) is 2.41. The first-order chi connectivity index (χ1) is 11.8. The molecule has 0 N–H and O–H groups in total. The van der Waals surface area contributed by atoms with Crippen LogP contribution in [0.4, 0.5) is 5.95 Å². The standard InChI is InChI=1S/C19H26N4O/c1-15-7-5-11-22(13-15)19-21-20-18(16-8-3-2-4-9-16)23(19)14-17-10-6-12-24-17/h2-4,8-9,15,17H,5-7,10-14H2,1H3/t15?,17-/m1/s1. The quantitative estimate of drug-likeness (QED) is 0.864. The van der Waals surface area contributed by atoms with Gasteiger partial charge in [0, 0.05) is 25.3 Å². The number of aromatic nitrogens is 3. The highest BCUT2D eigenvalue weighted by molar-refractivity contribution is 5.57. The minimum absolute atomic E-state index is 0.282. The largest absolute Gasteiger partial charge is 0.376 e. The Kier molecular flexibility index (Phi) is 4.52. The van der Waals surface area contributed by atoms with Crippen molar-refractivity contribution in [2.24, 2.45) is 5.92 Å². The lowest BCUT2D eigenvalue weighted by molar-refractivity contribution is 0.0974. The number of piperidine rings is 1. The fraction of sp³-hybridized carbons (Fsp3) is 0.579. The van der Waals surface area contributed by atoms with E-state index in [4.69, 9.17) is 4.74 Å². The Morgan fingerprint density at radius 2 is 2.00 bits per heavy atom. The van der Waals surface area contributed by atoms with Crippen molar-refractivity contribution in [1.82, 2.24) is 14.8 Å². The van der Waals surface area contributed by atoms with Gasteiger partial charge in [-0.05, 0) is 31.6 Å². The number of rotatable bonds is 4. The van der Waals surface area contributed by atoms with Gasteiger partial charge in [0.15, 0.2) is 5.82 Å². The van der Waals surface area contributed by atoms with Gasteiger partial charge in [0.05, 0.1) is 12.6 Å². The Balaban J connectivity index is 1.68. The maximum absolute atomic E-state index is 5.89. The van der Waals surface area contributed by atoms with Gasteiger partial charge in [-0.2, -0.15) is 0 Å². The lowest BCUT2D eigenvalue weighted by atomic mass is 10.0. The molecule has 5 heteroatoms. The zero-order valence-corrected chi connectivity index (χ0v) is 14.4. The molecule has 4 rings (SSSR count). The van der Waals surface area contributed by atoms with Gasteiger partial charge in [-0.1, -0.05) is 37.3 Å². The molecule has 0 radical (unpaired) electrons. The second-order valence-electron chi connectivity index (χ2n) is 7.13. The van der Waals surface area contributed by atoms with Crippen LogP contribution in [0, 0.1) is 5.92 Å². The fourth-order valence-electron chi connectivity index (χ4n) is 3.86. The van der Waals surface area contributed by atoms with Gasteiger partial charge >= 0.3 is 0 Å². The van der Waals surface area contributed by atoms with Crippen LogP contribution in [0.25, 0.3) is 11.4 Å². The molecule has 2 aromatic rings. The van der Waals surface area contributed by atoms with Crippen molar-refractivity contribution in [3.63, 3.8) is 0 Å². The third kappa shape index (κ3) is 3.18. The molecule has 3 heterocycles. The van der Waals surface area contributed by atoms with E-state index in [1.54, 1.807) is 0 Å². The molecule has 0 spiro atoms. The van der Waals surface area contributed by atoms with Gasteiger partial charge in [-0.25, -0.2) is 0 Å². The Labute approximate surface area is 143 Å². The van der Waals surface area contributed by atoms with Crippen molar-refractivity contribution < 1.29 is 4.74 Å². The molecule has 2 fully saturated rings. The van der Waals surface area contributed by atoms with Crippen molar-refractivity contribution in [2.75, 3.05) is 24.6 Å². The summed E-state index contributed by atoms with van der Waals surface area (Å²) in [5, 5.41) is 9.12. The molecule has 2 atom stereocenters. The Bertz CT molecular complexity index is 663. The first-order valence-electron chi connectivity index (χ1n) is 9.16. The van der Waals surface area contributed by atoms with E-state index in [1.165, 1.54) is 12.8 Å². The van der Waals surface area contributed by atoms with Crippen LogP contribution in [-0.2, 0) is 11.3 Å². The predicted molar refractivity (Wildman–Crippen MR) is 95.0 cm³/mol. The maximum atomic E-state index is 5.89. The van der Waals surface area contributed by atoms with E-state index in [0.29, 0.717) is 5.92 Å². The molecule has 1 unspecified atom stereocenters. The van der Waals surface area contributed by atoms with Crippen LogP contribution in [0.1, 0.15) is 32.6 Å². The summed E-state index contributed by atoms with van der Waals surface area (Å²) in [5.41, 5.74) is 1.12. The molecule has 2 aliphatic rings. The van der Waals surface area contributed by atoms with E-state index in [2.05, 4.69) is 50.9 Å². The highest BCUT2D eigenvalue weighted by atomic mass is 16.5. The van der Waals surface area contributed by atoms with Crippen LogP contribution >= 0.6 is 0 Å². The van der Waals surface area contributed by atoms with E-state index in [0.717, 1.165) is 56.4 Å². The molecule has 0 saturated carbocycles. The predicted octanol–water partition coefficient (Wildman–Crippen LogP) is 3.36. The summed E-state index contributed by atoms with van der Waals surface area (Å²) >= 11 is 0. The number of hydrogen-bond donors (Lipinski definition) is 0. The third-order valence-electron chi connectivity index (χ3n) is 5.11. The van der Waals surface area contributed by atoms with Gasteiger partial charge in [0.2, 0.25) is 5.95 Å². The second-order valence-corrected chi connectivity index (χ2v) is 7.13. The Morgan fingerprint density at radius 3 is 2.75 bits per heavy atom. The Morgan fingerprint density at radius 1 is 1.12 bits per heavy atom. The lowest BCUT2D eigenvalue weighted by Gasteiger charge is -2.32. The summed E-state index contributed by atoms with van der Waals surface area (Å²) in [7, 11) is 0. The smallest absolute Gasteiger partial charge is 0.227 e. The van der Waals surface area contributed by atoms with Crippen LogP contribution in [-0.4, -0.2) is 40.6 Å². The molecule has 128 valence electrons. The van der Waals surface area contributed by atoms with Crippen LogP contribution < -0.4 is 4.90 Å². The lowest BCUT2D eigenvalue weighted by Crippen LogP contribution is -2.36. The molecule has 0 aliphatic carbocycles. The van der Waals surface area contributed by atoms with Gasteiger partial charge in [-0.15, -0.1) is 10.2 Å². The fourth-order valence-corrected chi connectivity index (χ4v) is 3.86. The Hall–Kier alpha value is -1.88. The summed E-state index contributed by atoms with van der Waals surface area (Å²) < 4.78 is 8.17. The zero-order chi connectivity index (χ0) is 16.4. The molecule has 1 aromatic carbocycles. The van der Waals surface area contributed by atoms with Crippen molar-refractivity contribution in [2.45, 2.75) is 45.3 Å². The van der Waals surface area contributed by atoms with E-state index >= 15 is 0 Å². The van der Waals surface area contributed by atoms with E-state index < -0.39 is 0 Å². The highest BCUT2D eigenvalue weighted by Crippen LogP contribution is 2.28. The normalized spacial score (nSPS) is 24.5. The molecule has 5 nitrogen and oxygen atoms in total. The average Bonchev–Trinajstić information content (AvgIpc) is 3.26. The molecular formula is C19H26N4O. The number of anilines is 1. The molecule has 0 amide bonds. The zero-order valence-electron chi connectivity index (χ0n) is 14.4. The average molecular weight is 326 g/mol. The first-order valence-corrected chi connectivity index (χ1v) is 9.16. The molecule has 2 saturated heterocycles. The number of nitrogens with zero attached hydrogens (tertiary/aromatic N) is 4. The van der Waals surface area contributed by atoms with Crippen LogP contribution in [0.2, 0.25) is 0 Å². The molecule has 1 aromatic heterocycles. The van der Waals surface area contributed by atoms with E-state index in [-0.39, 0.29) is 6.10 Å². The molecule has 0 bridgehead atoms. The van der Waals surface area contributed by atoms with Gasteiger partial charge < -0.3 is 9.64 Å². The summed E-state index contributed by atoms with van der Waals surface area (Å²) in [5.74, 6) is 2.68. The minimum atomic E-state index is 0.282. The van der Waals surface area contributed by atoms with Crippen molar-refractivity contribution in [1.29, 1.82) is 0 Å². The van der Waals surface area contributed by atoms with Gasteiger partial charge in [-0.3, -0.25) is 4.57 Å². The SMILES string of the molecule is CC1CCCN(c2nnc(-c3ccccc3)n2C[C@H]2CCCO2)C1. The number of ether oxygens (including phenoxy) is 1. The summed E-state index contributed by atoms with van der Waals surface area (Å²) in [6.07, 6.45) is 5.10. The second kappa shape index (κ2) is 6.93. The molecular weight excluding hydrogens is 300 g/mol. The number of benzene rings is 1. The molecule has 2 aliphatic heterocycles. The van der Waals surface area contributed by atoms with Crippen LogP contribution in [0.3, 0.4) is 0 Å². The van der Waals surface area contributed by atoms with Crippen LogP contribution in [0.15, 0.2) is 30.3 Å². The third-order valence-corrected chi connectivity index (χ3v) is 5.11. The summed E-state index contributed by atoms with van der Waals surface area (Å²) in [6.45, 7) is 6.19. The van der Waals surface area contributed by atoms with Crippen molar-refractivity contribution in [3.8, 4) is 11.4 Å². The monoisotopic (exact) mass is 326 g/mol. The first kappa shape index (κ1) is 15.6. The molecule has 24 heavy (non-hydrogen) atoms.